The molecule has 1 atom stereocenters. The van der Waals surface area contributed by atoms with E-state index in [1.54, 1.807) is 0 Å². The van der Waals surface area contributed by atoms with Gasteiger partial charge in [0.1, 0.15) is 0 Å². The molecule has 0 spiro atoms. The summed E-state index contributed by atoms with van der Waals surface area (Å²) >= 11 is 1.84. The van der Waals surface area contributed by atoms with Gasteiger partial charge in [-0.25, -0.2) is 0 Å². The number of thiophene rings is 1. The first-order valence-corrected chi connectivity index (χ1v) is 8.15. The van der Waals surface area contributed by atoms with Crippen LogP contribution < -0.4 is 10.2 Å². The van der Waals surface area contributed by atoms with E-state index in [9.17, 15) is 0 Å². The third-order valence-corrected chi connectivity index (χ3v) is 4.55. The molecule has 0 fully saturated rings. The van der Waals surface area contributed by atoms with Crippen molar-refractivity contribution in [2.45, 2.75) is 26.3 Å². The van der Waals surface area contributed by atoms with E-state index in [4.69, 9.17) is 0 Å². The number of nitrogens with one attached hydrogen (secondary N) is 1. The Morgan fingerprint density at radius 3 is 2.55 bits per heavy atom. The third-order valence-electron chi connectivity index (χ3n) is 3.62. The monoisotopic (exact) mass is 288 g/mol. The minimum absolute atomic E-state index is 0.422. The quantitative estimate of drug-likeness (QED) is 0.825. The van der Waals surface area contributed by atoms with Gasteiger partial charge in [0, 0.05) is 30.2 Å². The van der Waals surface area contributed by atoms with E-state index in [2.05, 4.69) is 72.9 Å². The van der Waals surface area contributed by atoms with Crippen LogP contribution in [-0.2, 0) is 6.42 Å². The number of benzene rings is 1. The maximum atomic E-state index is 3.44. The van der Waals surface area contributed by atoms with Gasteiger partial charge < -0.3 is 10.2 Å². The van der Waals surface area contributed by atoms with Crippen molar-refractivity contribution in [3.63, 3.8) is 0 Å². The second kappa shape index (κ2) is 7.46. The molecule has 2 aromatic rings. The van der Waals surface area contributed by atoms with Gasteiger partial charge in [0.05, 0.1) is 0 Å². The van der Waals surface area contributed by atoms with Gasteiger partial charge in [-0.2, -0.15) is 0 Å². The zero-order valence-electron chi connectivity index (χ0n) is 12.6. The molecule has 0 amide bonds. The zero-order chi connectivity index (χ0) is 14.4. The zero-order valence-corrected chi connectivity index (χ0v) is 13.4. The molecular formula is C17H24N2S. The third kappa shape index (κ3) is 4.09. The molecule has 0 saturated carbocycles. The van der Waals surface area contributed by atoms with Gasteiger partial charge in [-0.1, -0.05) is 25.1 Å². The van der Waals surface area contributed by atoms with Gasteiger partial charge >= 0.3 is 0 Å². The summed E-state index contributed by atoms with van der Waals surface area (Å²) in [7, 11) is 2.16. The highest BCUT2D eigenvalue weighted by Gasteiger charge is 2.05. The van der Waals surface area contributed by atoms with E-state index in [1.165, 1.54) is 16.1 Å². The van der Waals surface area contributed by atoms with E-state index in [1.807, 2.05) is 11.3 Å². The van der Waals surface area contributed by atoms with Crippen molar-refractivity contribution < 1.29 is 0 Å². The van der Waals surface area contributed by atoms with Crippen molar-refractivity contribution in [3.05, 3.63) is 52.2 Å². The Bertz CT molecular complexity index is 490. The molecule has 0 saturated heterocycles. The molecule has 2 rings (SSSR count). The van der Waals surface area contributed by atoms with E-state index < -0.39 is 0 Å². The maximum Gasteiger partial charge on any atom is 0.0363 e. The minimum Gasteiger partial charge on any atom is -0.374 e. The Kier molecular flexibility index (Phi) is 5.62. The Balaban J connectivity index is 1.91. The fourth-order valence-corrected chi connectivity index (χ4v) is 3.00. The molecule has 1 unspecified atom stereocenters. The molecule has 3 heteroatoms. The number of rotatable bonds is 7. The minimum atomic E-state index is 0.422. The average molecular weight is 288 g/mol. The summed E-state index contributed by atoms with van der Waals surface area (Å²) in [6, 6.07) is 13.6. The van der Waals surface area contributed by atoms with Crippen LogP contribution >= 0.6 is 11.3 Å². The van der Waals surface area contributed by atoms with Crippen molar-refractivity contribution >= 4 is 17.0 Å². The predicted octanol–water partition coefficient (Wildman–Crippen LogP) is 4.10. The molecular weight excluding hydrogens is 264 g/mol. The molecule has 1 aromatic carbocycles. The summed E-state index contributed by atoms with van der Waals surface area (Å²) in [6.07, 6.45) is 1.11. The normalized spacial score (nSPS) is 12.3. The van der Waals surface area contributed by atoms with Crippen LogP contribution in [0, 0.1) is 0 Å². The summed E-state index contributed by atoms with van der Waals surface area (Å²) in [5.74, 6) is 0. The van der Waals surface area contributed by atoms with Crippen molar-refractivity contribution in [3.8, 4) is 0 Å². The van der Waals surface area contributed by atoms with E-state index in [0.717, 1.165) is 19.5 Å². The van der Waals surface area contributed by atoms with Gasteiger partial charge in [0.2, 0.25) is 0 Å². The maximum absolute atomic E-state index is 3.44. The van der Waals surface area contributed by atoms with Crippen LogP contribution in [0.25, 0.3) is 0 Å². The number of anilines is 1. The van der Waals surface area contributed by atoms with Gasteiger partial charge in [-0.05, 0) is 49.0 Å². The number of hydrogen-bond acceptors (Lipinski definition) is 3. The summed E-state index contributed by atoms with van der Waals surface area (Å²) in [4.78, 5) is 3.77. The smallest absolute Gasteiger partial charge is 0.0363 e. The molecule has 0 aliphatic heterocycles. The summed E-state index contributed by atoms with van der Waals surface area (Å²) in [5, 5.41) is 5.59. The number of likely N-dealkylation sites (N-methyl/N-ethyl adjacent to an activating group) is 1. The van der Waals surface area contributed by atoms with Crippen LogP contribution in [0.2, 0.25) is 0 Å². The molecule has 1 heterocycles. The summed E-state index contributed by atoms with van der Waals surface area (Å²) < 4.78 is 0. The first kappa shape index (κ1) is 15.1. The fraction of sp³-hybridized carbons (Fsp3) is 0.412. The Morgan fingerprint density at radius 1 is 1.20 bits per heavy atom. The Labute approximate surface area is 126 Å². The van der Waals surface area contributed by atoms with Gasteiger partial charge in [0.15, 0.2) is 0 Å². The molecule has 0 radical (unpaired) electrons. The molecule has 2 nitrogen and oxygen atoms in total. The lowest BCUT2D eigenvalue weighted by molar-refractivity contribution is 0.598. The molecule has 0 aliphatic rings. The van der Waals surface area contributed by atoms with Gasteiger partial charge in [-0.15, -0.1) is 11.3 Å². The highest BCUT2D eigenvalue weighted by atomic mass is 32.1. The van der Waals surface area contributed by atoms with Crippen LogP contribution in [-0.4, -0.2) is 20.1 Å². The molecule has 0 aliphatic carbocycles. The molecule has 20 heavy (non-hydrogen) atoms. The predicted molar refractivity (Wildman–Crippen MR) is 89.8 cm³/mol. The highest BCUT2D eigenvalue weighted by molar-refractivity contribution is 7.09. The van der Waals surface area contributed by atoms with Gasteiger partial charge in [0.25, 0.3) is 0 Å². The first-order valence-electron chi connectivity index (χ1n) is 7.27. The lowest BCUT2D eigenvalue weighted by atomic mass is 10.1. The van der Waals surface area contributed by atoms with E-state index >= 15 is 0 Å². The molecule has 1 aromatic heterocycles. The van der Waals surface area contributed by atoms with Crippen LogP contribution in [0.1, 0.15) is 30.3 Å². The van der Waals surface area contributed by atoms with Crippen molar-refractivity contribution in [1.29, 1.82) is 0 Å². The van der Waals surface area contributed by atoms with E-state index in [-0.39, 0.29) is 0 Å². The lowest BCUT2D eigenvalue weighted by Gasteiger charge is -2.20. The van der Waals surface area contributed by atoms with Crippen molar-refractivity contribution in [2.24, 2.45) is 0 Å². The van der Waals surface area contributed by atoms with E-state index in [0.29, 0.717) is 6.04 Å². The van der Waals surface area contributed by atoms with Crippen molar-refractivity contribution in [2.75, 3.05) is 25.0 Å². The van der Waals surface area contributed by atoms with Gasteiger partial charge in [-0.3, -0.25) is 0 Å². The second-order valence-corrected chi connectivity index (χ2v) is 6.15. The number of hydrogen-bond donors (Lipinski definition) is 1. The second-order valence-electron chi connectivity index (χ2n) is 5.12. The van der Waals surface area contributed by atoms with Crippen molar-refractivity contribution in [1.82, 2.24) is 5.32 Å². The molecule has 0 bridgehead atoms. The first-order chi connectivity index (χ1) is 9.70. The molecule has 108 valence electrons. The Hall–Kier alpha value is -1.32. The SMILES string of the molecule is CCNC(C)c1ccc(N(C)CCc2cccs2)cc1. The van der Waals surface area contributed by atoms with Crippen LogP contribution in [0.3, 0.4) is 0 Å². The largest absolute Gasteiger partial charge is 0.374 e. The lowest BCUT2D eigenvalue weighted by Crippen LogP contribution is -2.20. The summed E-state index contributed by atoms with van der Waals surface area (Å²) in [6.45, 7) is 6.41. The van der Waals surface area contributed by atoms with Crippen LogP contribution in [0.4, 0.5) is 5.69 Å². The number of nitrogens with zero attached hydrogens (tertiary/aromatic N) is 1. The standard InChI is InChI=1S/C17H24N2S/c1-4-18-14(2)15-7-9-16(10-8-15)19(3)12-11-17-6-5-13-20-17/h5-10,13-14,18H,4,11-12H2,1-3H3. The van der Waals surface area contributed by atoms with Crippen LogP contribution in [0.15, 0.2) is 41.8 Å². The fourth-order valence-electron chi connectivity index (χ4n) is 2.30. The Morgan fingerprint density at radius 2 is 1.95 bits per heavy atom. The average Bonchev–Trinajstić information content (AvgIpc) is 2.98. The van der Waals surface area contributed by atoms with Crippen LogP contribution in [0.5, 0.6) is 0 Å². The summed E-state index contributed by atoms with van der Waals surface area (Å²) in [5.41, 5.74) is 2.64. The molecule has 1 N–H and O–H groups in total. The highest BCUT2D eigenvalue weighted by Crippen LogP contribution is 2.19. The topological polar surface area (TPSA) is 15.3 Å².